The van der Waals surface area contributed by atoms with E-state index in [-0.39, 0.29) is 29.3 Å². The van der Waals surface area contributed by atoms with Crippen molar-refractivity contribution in [1.82, 2.24) is 25.0 Å². The number of aromatic amines is 1. The molecule has 0 atom stereocenters. The van der Waals surface area contributed by atoms with Crippen LogP contribution in [-0.4, -0.2) is 25.0 Å². The van der Waals surface area contributed by atoms with Crippen LogP contribution >= 0.6 is 11.6 Å². The first-order chi connectivity index (χ1) is 15.3. The molecule has 7 nitrogen and oxygen atoms in total. The summed E-state index contributed by atoms with van der Waals surface area (Å²) in [5.74, 6) is 0.487. The molecular formula is C21H14ClF3N6O. The first kappa shape index (κ1) is 21.4. The summed E-state index contributed by atoms with van der Waals surface area (Å²) < 4.78 is 47.8. The number of halogens is 4. The van der Waals surface area contributed by atoms with Crippen LogP contribution in [0.15, 0.2) is 54.9 Å². The monoisotopic (exact) mass is 458 g/mol. The fourth-order valence-corrected chi connectivity index (χ4v) is 3.18. The Balaban J connectivity index is 1.59. The summed E-state index contributed by atoms with van der Waals surface area (Å²) in [5.41, 5.74) is -0.00225. The Bertz CT molecular complexity index is 1270. The molecule has 0 saturated heterocycles. The number of H-pyrrole nitrogens is 1. The second kappa shape index (κ2) is 8.72. The Morgan fingerprint density at radius 2 is 1.91 bits per heavy atom. The Hall–Kier alpha value is -3.84. The average molecular weight is 459 g/mol. The Morgan fingerprint density at radius 1 is 1.12 bits per heavy atom. The molecule has 0 amide bonds. The molecule has 0 unspecified atom stereocenters. The van der Waals surface area contributed by atoms with E-state index in [1.54, 1.807) is 30.6 Å². The Morgan fingerprint density at radius 3 is 2.62 bits per heavy atom. The van der Waals surface area contributed by atoms with Crippen molar-refractivity contribution >= 4 is 11.6 Å². The molecule has 2 aromatic carbocycles. The molecule has 0 saturated carbocycles. The second-order valence-corrected chi connectivity index (χ2v) is 7.20. The van der Waals surface area contributed by atoms with Crippen molar-refractivity contribution in [1.29, 1.82) is 5.26 Å². The van der Waals surface area contributed by atoms with Gasteiger partial charge >= 0.3 is 6.18 Å². The number of nitriles is 1. The van der Waals surface area contributed by atoms with E-state index in [0.717, 1.165) is 17.7 Å². The zero-order valence-corrected chi connectivity index (χ0v) is 17.0. The highest BCUT2D eigenvalue weighted by molar-refractivity contribution is 6.30. The van der Waals surface area contributed by atoms with Crippen LogP contribution in [0, 0.1) is 11.3 Å². The van der Waals surface area contributed by atoms with E-state index in [2.05, 4.69) is 20.4 Å². The lowest BCUT2D eigenvalue weighted by molar-refractivity contribution is -0.137. The number of nitrogens with one attached hydrogen (secondary N) is 1. The summed E-state index contributed by atoms with van der Waals surface area (Å²) in [7, 11) is 0. The van der Waals surface area contributed by atoms with Gasteiger partial charge in [0.15, 0.2) is 5.69 Å². The third-order valence-corrected chi connectivity index (χ3v) is 4.85. The predicted octanol–water partition coefficient (Wildman–Crippen LogP) is 4.84. The van der Waals surface area contributed by atoms with Crippen molar-refractivity contribution in [2.45, 2.75) is 19.3 Å². The summed E-state index contributed by atoms with van der Waals surface area (Å²) in [6.45, 7) is 0.430. The minimum atomic E-state index is -4.61. The number of hydrogen-bond acceptors (Lipinski definition) is 5. The molecule has 0 bridgehead atoms. The maximum absolute atomic E-state index is 13.4. The van der Waals surface area contributed by atoms with E-state index >= 15 is 0 Å². The second-order valence-electron chi connectivity index (χ2n) is 6.76. The largest absolute Gasteiger partial charge is 0.486 e. The molecule has 32 heavy (non-hydrogen) atoms. The van der Waals surface area contributed by atoms with Gasteiger partial charge in [0.25, 0.3) is 0 Å². The van der Waals surface area contributed by atoms with Crippen molar-refractivity contribution in [3.63, 3.8) is 0 Å². The molecule has 162 valence electrons. The predicted molar refractivity (Wildman–Crippen MR) is 109 cm³/mol. The summed E-state index contributed by atoms with van der Waals surface area (Å²) in [5, 5.41) is 19.4. The molecule has 1 N–H and O–H groups in total. The standard InChI is InChI=1S/C21H14ClF3N6O/c22-16-3-1-13(2-4-16)11-31-6-5-27-19(31)12-32-17-8-14(7-15(9-17)21(23,24)25)20-18(10-26)28-30-29-20/h1-9H,11-12H2,(H,28,29,30). The molecule has 0 fully saturated rings. The van der Waals surface area contributed by atoms with Crippen molar-refractivity contribution in [2.24, 2.45) is 0 Å². The van der Waals surface area contributed by atoms with E-state index in [0.29, 0.717) is 17.4 Å². The fraction of sp³-hybridized carbons (Fsp3) is 0.143. The highest BCUT2D eigenvalue weighted by Crippen LogP contribution is 2.36. The highest BCUT2D eigenvalue weighted by Gasteiger charge is 2.32. The first-order valence-electron chi connectivity index (χ1n) is 9.24. The highest BCUT2D eigenvalue weighted by atomic mass is 35.5. The number of hydrogen-bond donors (Lipinski definition) is 1. The molecule has 0 aliphatic carbocycles. The quantitative estimate of drug-likeness (QED) is 0.446. The average Bonchev–Trinajstić information content (AvgIpc) is 3.42. The van der Waals surface area contributed by atoms with Crippen molar-refractivity contribution in [2.75, 3.05) is 0 Å². The third-order valence-electron chi connectivity index (χ3n) is 4.60. The van der Waals surface area contributed by atoms with E-state index in [9.17, 15) is 13.2 Å². The topological polar surface area (TPSA) is 92.4 Å². The van der Waals surface area contributed by atoms with Crippen LogP contribution in [0.1, 0.15) is 22.6 Å². The molecule has 4 aromatic rings. The van der Waals surface area contributed by atoms with Crippen LogP contribution in [0.4, 0.5) is 13.2 Å². The van der Waals surface area contributed by atoms with Crippen molar-refractivity contribution in [3.05, 3.63) is 82.5 Å². The number of ether oxygens (including phenoxy) is 1. The number of rotatable bonds is 6. The van der Waals surface area contributed by atoms with Gasteiger partial charge in [-0.05, 0) is 35.9 Å². The van der Waals surface area contributed by atoms with Crippen LogP contribution in [0.5, 0.6) is 5.75 Å². The minimum Gasteiger partial charge on any atom is -0.486 e. The van der Waals surface area contributed by atoms with Gasteiger partial charge < -0.3 is 9.30 Å². The summed E-state index contributed by atoms with van der Waals surface area (Å²) in [6, 6.07) is 12.2. The zero-order valence-electron chi connectivity index (χ0n) is 16.3. The van der Waals surface area contributed by atoms with Crippen LogP contribution < -0.4 is 4.74 Å². The number of imidazole rings is 1. The van der Waals surface area contributed by atoms with E-state index in [1.807, 2.05) is 16.7 Å². The van der Waals surface area contributed by atoms with Crippen LogP contribution in [-0.2, 0) is 19.3 Å². The smallest absolute Gasteiger partial charge is 0.416 e. The van der Waals surface area contributed by atoms with Gasteiger partial charge in [-0.2, -0.15) is 28.7 Å². The maximum Gasteiger partial charge on any atom is 0.416 e. The summed E-state index contributed by atoms with van der Waals surface area (Å²) >= 11 is 5.91. The lowest BCUT2D eigenvalue weighted by Gasteiger charge is -2.13. The van der Waals surface area contributed by atoms with Gasteiger partial charge in [0.1, 0.15) is 29.9 Å². The van der Waals surface area contributed by atoms with Gasteiger partial charge in [0.05, 0.1) is 5.56 Å². The van der Waals surface area contributed by atoms with Crippen LogP contribution in [0.25, 0.3) is 11.3 Å². The lowest BCUT2D eigenvalue weighted by atomic mass is 10.1. The van der Waals surface area contributed by atoms with Crippen LogP contribution in [0.3, 0.4) is 0 Å². The summed E-state index contributed by atoms with van der Waals surface area (Å²) in [4.78, 5) is 4.24. The minimum absolute atomic E-state index is 0.00712. The molecule has 4 rings (SSSR count). The normalized spacial score (nSPS) is 11.3. The van der Waals surface area contributed by atoms with Gasteiger partial charge in [-0.1, -0.05) is 23.7 Å². The number of alkyl halides is 3. The van der Waals surface area contributed by atoms with Gasteiger partial charge in [0, 0.05) is 29.5 Å². The molecule has 2 heterocycles. The van der Waals surface area contributed by atoms with E-state index in [1.165, 1.54) is 6.07 Å². The molecule has 0 aliphatic heterocycles. The summed E-state index contributed by atoms with van der Waals surface area (Å²) in [6.07, 6.45) is -1.28. The number of aromatic nitrogens is 5. The van der Waals surface area contributed by atoms with Gasteiger partial charge in [-0.25, -0.2) is 4.98 Å². The molecular weight excluding hydrogens is 445 g/mol. The molecule has 11 heteroatoms. The van der Waals surface area contributed by atoms with Crippen LogP contribution in [0.2, 0.25) is 5.02 Å². The lowest BCUT2D eigenvalue weighted by Crippen LogP contribution is -2.09. The number of benzene rings is 2. The first-order valence-corrected chi connectivity index (χ1v) is 9.62. The van der Waals surface area contributed by atoms with Gasteiger partial charge in [0.2, 0.25) is 0 Å². The van der Waals surface area contributed by atoms with E-state index in [4.69, 9.17) is 21.6 Å². The fourth-order valence-electron chi connectivity index (χ4n) is 3.05. The van der Waals surface area contributed by atoms with Crippen molar-refractivity contribution < 1.29 is 17.9 Å². The zero-order chi connectivity index (χ0) is 22.7. The molecule has 0 radical (unpaired) electrons. The molecule has 0 spiro atoms. The van der Waals surface area contributed by atoms with Crippen molar-refractivity contribution in [3.8, 4) is 23.1 Å². The van der Waals surface area contributed by atoms with Gasteiger partial charge in [-0.15, -0.1) is 5.10 Å². The maximum atomic E-state index is 13.4. The van der Waals surface area contributed by atoms with Gasteiger partial charge in [-0.3, -0.25) is 0 Å². The Labute approximate surface area is 185 Å². The Kier molecular flexibility index (Phi) is 5.83. The third kappa shape index (κ3) is 4.73. The SMILES string of the molecule is N#Cc1n[nH]nc1-c1cc(OCc2nccn2Cc2ccc(Cl)cc2)cc(C(F)(F)F)c1. The van der Waals surface area contributed by atoms with E-state index < -0.39 is 11.7 Å². The number of nitrogens with zero attached hydrogens (tertiary/aromatic N) is 5. The molecule has 2 aromatic heterocycles. The molecule has 0 aliphatic rings.